The molecule has 0 saturated carbocycles. The number of likely N-dealkylation sites (N-methyl/N-ethyl adjacent to an activating group) is 1. The maximum atomic E-state index is 10.3. The van der Waals surface area contributed by atoms with Gasteiger partial charge in [0.25, 0.3) is 0 Å². The van der Waals surface area contributed by atoms with Crippen molar-refractivity contribution in [2.45, 2.75) is 18.4 Å². The predicted octanol–water partition coefficient (Wildman–Crippen LogP) is -1.66. The summed E-state index contributed by atoms with van der Waals surface area (Å²) in [5.74, 6) is -5.41. The first kappa shape index (κ1) is 21.8. The second-order valence-electron chi connectivity index (χ2n) is 4.54. The molecule has 0 aromatic carbocycles. The first-order chi connectivity index (χ1) is 9.90. The Kier molecular flexibility index (Phi) is 10.2. The van der Waals surface area contributed by atoms with Gasteiger partial charge in [0, 0.05) is 6.54 Å². The van der Waals surface area contributed by atoms with Gasteiger partial charge >= 0.3 is 17.9 Å². The van der Waals surface area contributed by atoms with Gasteiger partial charge in [-0.3, -0.25) is 14.4 Å². The molecule has 0 radical (unpaired) electrons. The van der Waals surface area contributed by atoms with E-state index >= 15 is 0 Å². The normalized spacial score (nSPS) is 10.9. The zero-order valence-corrected chi connectivity index (χ0v) is 12.2. The Hall–Kier alpha value is -2.46. The lowest BCUT2D eigenvalue weighted by molar-refractivity contribution is -0.170. The van der Waals surface area contributed by atoms with Crippen molar-refractivity contribution in [3.8, 4) is 0 Å². The zero-order valence-electron chi connectivity index (χ0n) is 12.2. The third kappa shape index (κ3) is 12.6. The molecule has 0 saturated heterocycles. The molecule has 10 heteroatoms. The Morgan fingerprint density at radius 3 is 1.68 bits per heavy atom. The third-order valence-electron chi connectivity index (χ3n) is 2.04. The second-order valence-corrected chi connectivity index (χ2v) is 4.54. The van der Waals surface area contributed by atoms with Crippen LogP contribution in [0.25, 0.3) is 0 Å². The first-order valence-corrected chi connectivity index (χ1v) is 5.90. The summed E-state index contributed by atoms with van der Waals surface area (Å²) in [6.45, 7) is 0.753. The topological polar surface area (TPSA) is 178 Å². The van der Waals surface area contributed by atoms with Gasteiger partial charge < -0.3 is 31.1 Å². The summed E-state index contributed by atoms with van der Waals surface area (Å²) < 4.78 is 0. The molecular formula is C12H20N2O8. The van der Waals surface area contributed by atoms with E-state index in [1.54, 1.807) is 6.08 Å². The van der Waals surface area contributed by atoms with Crippen molar-refractivity contribution in [2.75, 3.05) is 20.6 Å². The number of hydrogen-bond acceptors (Lipinski definition) is 6. The Morgan fingerprint density at radius 2 is 1.45 bits per heavy atom. The van der Waals surface area contributed by atoms with Gasteiger partial charge in [0.2, 0.25) is 5.91 Å². The van der Waals surface area contributed by atoms with Crippen molar-refractivity contribution in [1.82, 2.24) is 4.90 Å². The minimum Gasteiger partial charge on any atom is -0.481 e. The summed E-state index contributed by atoms with van der Waals surface area (Å²) in [7, 11) is 3.84. The fraction of sp³-hybridized carbons (Fsp3) is 0.500. The van der Waals surface area contributed by atoms with E-state index in [-0.39, 0.29) is 0 Å². The lowest BCUT2D eigenvalue weighted by Crippen LogP contribution is -2.42. The SMILES string of the molecule is CN(C)CC=CC(N)=O.O=C(O)CC(O)(CC(=O)O)C(=O)O. The smallest absolute Gasteiger partial charge is 0.336 e. The highest BCUT2D eigenvalue weighted by Gasteiger charge is 2.40. The van der Waals surface area contributed by atoms with E-state index in [1.807, 2.05) is 19.0 Å². The molecule has 0 aromatic heterocycles. The summed E-state index contributed by atoms with van der Waals surface area (Å²) in [6, 6.07) is 0. The third-order valence-corrected chi connectivity index (χ3v) is 2.04. The molecule has 0 unspecified atom stereocenters. The summed E-state index contributed by atoms with van der Waals surface area (Å²) in [4.78, 5) is 42.5. The summed E-state index contributed by atoms with van der Waals surface area (Å²) in [5.41, 5.74) is 2.10. The van der Waals surface area contributed by atoms with Crippen molar-refractivity contribution in [3.63, 3.8) is 0 Å². The Bertz CT molecular complexity index is 428. The first-order valence-electron chi connectivity index (χ1n) is 5.90. The lowest BCUT2D eigenvalue weighted by atomic mass is 9.96. The molecule has 22 heavy (non-hydrogen) atoms. The quantitative estimate of drug-likeness (QED) is 0.327. The molecule has 0 aliphatic rings. The van der Waals surface area contributed by atoms with Crippen LogP contribution in [0, 0.1) is 0 Å². The summed E-state index contributed by atoms with van der Waals surface area (Å²) >= 11 is 0. The lowest BCUT2D eigenvalue weighted by Gasteiger charge is -2.18. The highest BCUT2D eigenvalue weighted by Crippen LogP contribution is 2.15. The number of amides is 1. The molecule has 6 N–H and O–H groups in total. The van der Waals surface area contributed by atoms with Crippen LogP contribution in [-0.4, -0.2) is 75.4 Å². The number of carboxylic acid groups (broad SMARTS) is 3. The number of carbonyl (C=O) groups excluding carboxylic acids is 1. The van der Waals surface area contributed by atoms with Crippen molar-refractivity contribution in [1.29, 1.82) is 0 Å². The number of aliphatic carboxylic acids is 3. The molecule has 0 atom stereocenters. The van der Waals surface area contributed by atoms with Gasteiger partial charge in [-0.15, -0.1) is 0 Å². The second kappa shape index (κ2) is 10.3. The van der Waals surface area contributed by atoms with Crippen molar-refractivity contribution >= 4 is 23.8 Å². The number of primary amides is 1. The van der Waals surface area contributed by atoms with Gasteiger partial charge in [-0.2, -0.15) is 0 Å². The van der Waals surface area contributed by atoms with Crippen LogP contribution < -0.4 is 5.73 Å². The van der Waals surface area contributed by atoms with Crippen molar-refractivity contribution in [3.05, 3.63) is 12.2 Å². The van der Waals surface area contributed by atoms with Crippen LogP contribution in [0.15, 0.2) is 12.2 Å². The van der Waals surface area contributed by atoms with E-state index in [1.165, 1.54) is 6.08 Å². The van der Waals surface area contributed by atoms with E-state index in [0.29, 0.717) is 0 Å². The minimum atomic E-state index is -2.74. The van der Waals surface area contributed by atoms with E-state index in [2.05, 4.69) is 0 Å². The molecule has 0 aliphatic heterocycles. The molecule has 0 aromatic rings. The molecule has 0 spiro atoms. The average Bonchev–Trinajstić information content (AvgIpc) is 2.25. The molecule has 0 rings (SSSR count). The van der Waals surface area contributed by atoms with E-state index in [9.17, 15) is 19.2 Å². The van der Waals surface area contributed by atoms with Gasteiger partial charge in [0.15, 0.2) is 5.60 Å². The van der Waals surface area contributed by atoms with Gasteiger partial charge in [0.05, 0.1) is 12.8 Å². The average molecular weight is 320 g/mol. The van der Waals surface area contributed by atoms with Crippen LogP contribution in [0.3, 0.4) is 0 Å². The van der Waals surface area contributed by atoms with Crippen LogP contribution in [-0.2, 0) is 19.2 Å². The molecular weight excluding hydrogens is 300 g/mol. The largest absolute Gasteiger partial charge is 0.481 e. The van der Waals surface area contributed by atoms with E-state index in [4.69, 9.17) is 26.2 Å². The Labute approximate surface area is 126 Å². The molecule has 0 heterocycles. The van der Waals surface area contributed by atoms with Crippen LogP contribution in [0.4, 0.5) is 0 Å². The minimum absolute atomic E-state index is 0.392. The molecule has 10 nitrogen and oxygen atoms in total. The molecule has 1 amide bonds. The molecule has 0 bridgehead atoms. The van der Waals surface area contributed by atoms with Crippen LogP contribution in [0.1, 0.15) is 12.8 Å². The fourth-order valence-corrected chi connectivity index (χ4v) is 1.09. The summed E-state index contributed by atoms with van der Waals surface area (Å²) in [5, 5.41) is 33.8. The van der Waals surface area contributed by atoms with E-state index in [0.717, 1.165) is 6.54 Å². The predicted molar refractivity (Wildman–Crippen MR) is 74.0 cm³/mol. The highest BCUT2D eigenvalue weighted by molar-refractivity contribution is 5.88. The van der Waals surface area contributed by atoms with E-state index < -0.39 is 42.3 Å². The summed E-state index contributed by atoms with van der Waals surface area (Å²) in [6.07, 6.45) is 0.797. The number of aliphatic hydroxyl groups is 1. The van der Waals surface area contributed by atoms with Crippen LogP contribution >= 0.6 is 0 Å². The number of hydrogen-bond donors (Lipinski definition) is 5. The molecule has 126 valence electrons. The van der Waals surface area contributed by atoms with Gasteiger partial charge in [-0.1, -0.05) is 6.08 Å². The number of nitrogens with zero attached hydrogens (tertiary/aromatic N) is 1. The van der Waals surface area contributed by atoms with Crippen LogP contribution in [0.5, 0.6) is 0 Å². The Balaban J connectivity index is 0. The van der Waals surface area contributed by atoms with Gasteiger partial charge in [-0.05, 0) is 20.2 Å². The van der Waals surface area contributed by atoms with Gasteiger partial charge in [-0.25, -0.2) is 4.79 Å². The zero-order chi connectivity index (χ0) is 17.9. The number of carbonyl (C=O) groups is 4. The van der Waals surface area contributed by atoms with Crippen molar-refractivity contribution in [2.24, 2.45) is 5.73 Å². The monoisotopic (exact) mass is 320 g/mol. The number of nitrogens with two attached hydrogens (primary N) is 1. The number of carboxylic acids is 3. The number of rotatable bonds is 8. The Morgan fingerprint density at radius 1 is 1.05 bits per heavy atom. The maximum Gasteiger partial charge on any atom is 0.336 e. The highest BCUT2D eigenvalue weighted by atomic mass is 16.4. The molecule has 0 aliphatic carbocycles. The van der Waals surface area contributed by atoms with Gasteiger partial charge in [0.1, 0.15) is 0 Å². The standard InChI is InChI=1S/C6H12N2O.C6H8O7/c1-8(2)5-3-4-6(7)9;7-3(8)1-6(13,5(11)12)2-4(9)10/h3-4H,5H2,1-2H3,(H2,7,9);13H,1-2H2,(H,7,8)(H,9,10)(H,11,12). The fourth-order valence-electron chi connectivity index (χ4n) is 1.09. The van der Waals surface area contributed by atoms with Crippen LogP contribution in [0.2, 0.25) is 0 Å². The van der Waals surface area contributed by atoms with Crippen molar-refractivity contribution < 1.29 is 39.6 Å². The molecule has 0 fully saturated rings. The maximum absolute atomic E-state index is 10.3.